The number of nitrogens with one attached hydrogen (secondary N) is 2. The number of aldehydes is 1. The number of carbonyl (C=O) groups excluding carboxylic acids is 2. The highest BCUT2D eigenvalue weighted by molar-refractivity contribution is 5.79. The van der Waals surface area contributed by atoms with E-state index in [4.69, 9.17) is 0 Å². The van der Waals surface area contributed by atoms with Crippen molar-refractivity contribution in [1.82, 2.24) is 10.6 Å². The molecule has 4 heteroatoms. The lowest BCUT2D eigenvalue weighted by Gasteiger charge is -2.33. The third kappa shape index (κ3) is 4.67. The molecule has 0 saturated carbocycles. The van der Waals surface area contributed by atoms with Crippen LogP contribution in [0.15, 0.2) is 30.3 Å². The highest BCUT2D eigenvalue weighted by Crippen LogP contribution is 2.28. The topological polar surface area (TPSA) is 58.2 Å². The van der Waals surface area contributed by atoms with Crippen molar-refractivity contribution in [3.8, 4) is 0 Å². The molecule has 1 fully saturated rings. The number of benzene rings is 1. The van der Waals surface area contributed by atoms with Crippen LogP contribution in [0.1, 0.15) is 31.7 Å². The van der Waals surface area contributed by atoms with Gasteiger partial charge < -0.3 is 15.4 Å². The van der Waals surface area contributed by atoms with E-state index < -0.39 is 0 Å². The third-order valence-electron chi connectivity index (χ3n) is 4.54. The first-order valence-corrected chi connectivity index (χ1v) is 8.18. The molecule has 2 N–H and O–H groups in total. The minimum absolute atomic E-state index is 0.0758. The zero-order valence-electron chi connectivity index (χ0n) is 13.3. The van der Waals surface area contributed by atoms with E-state index in [-0.39, 0.29) is 17.7 Å². The first kappa shape index (κ1) is 16.7. The van der Waals surface area contributed by atoms with Crippen LogP contribution in [-0.4, -0.2) is 25.3 Å². The standard InChI is InChI=1S/C18H26N2O2/c1-14(9-11-21)17(16-8-5-10-19-13-16)18(22)20-12-15-6-3-2-4-7-15/h2-4,6-7,11,14,16-17,19H,5,8-10,12-13H2,1H3,(H,20,22)/t14-,16?,17?/m0/s1. The van der Waals surface area contributed by atoms with E-state index in [1.807, 2.05) is 37.3 Å². The highest BCUT2D eigenvalue weighted by Gasteiger charge is 2.33. The van der Waals surface area contributed by atoms with Gasteiger partial charge in [-0.15, -0.1) is 0 Å². The van der Waals surface area contributed by atoms with Crippen molar-refractivity contribution < 1.29 is 9.59 Å². The minimum atomic E-state index is -0.0956. The van der Waals surface area contributed by atoms with Crippen LogP contribution in [0.2, 0.25) is 0 Å². The lowest BCUT2D eigenvalue weighted by Crippen LogP contribution is -2.44. The van der Waals surface area contributed by atoms with Crippen LogP contribution < -0.4 is 10.6 Å². The van der Waals surface area contributed by atoms with Gasteiger partial charge in [0, 0.05) is 18.9 Å². The molecule has 1 aliphatic rings. The molecule has 0 bridgehead atoms. The van der Waals surface area contributed by atoms with Crippen LogP contribution in [0.3, 0.4) is 0 Å². The molecule has 1 heterocycles. The lowest BCUT2D eigenvalue weighted by atomic mass is 9.77. The van der Waals surface area contributed by atoms with Crippen molar-refractivity contribution >= 4 is 12.2 Å². The maximum absolute atomic E-state index is 12.7. The molecule has 1 amide bonds. The molecule has 2 unspecified atom stereocenters. The Morgan fingerprint density at radius 1 is 1.41 bits per heavy atom. The average molecular weight is 302 g/mol. The Hall–Kier alpha value is -1.68. The summed E-state index contributed by atoms with van der Waals surface area (Å²) in [5.74, 6) is 0.381. The Morgan fingerprint density at radius 3 is 2.82 bits per heavy atom. The largest absolute Gasteiger partial charge is 0.352 e. The first-order chi connectivity index (χ1) is 10.7. The van der Waals surface area contributed by atoms with Gasteiger partial charge in [-0.05, 0) is 43.3 Å². The predicted octanol–water partition coefficient (Wildman–Crippen LogP) is 2.14. The van der Waals surface area contributed by atoms with Gasteiger partial charge >= 0.3 is 0 Å². The quantitative estimate of drug-likeness (QED) is 0.759. The van der Waals surface area contributed by atoms with Crippen molar-refractivity contribution in [2.24, 2.45) is 17.8 Å². The Balaban J connectivity index is 1.99. The normalized spacial score (nSPS) is 20.9. The Kier molecular flexibility index (Phi) is 6.59. The summed E-state index contributed by atoms with van der Waals surface area (Å²) < 4.78 is 0. The number of amides is 1. The molecular weight excluding hydrogens is 276 g/mol. The summed E-state index contributed by atoms with van der Waals surface area (Å²) in [6, 6.07) is 9.92. The van der Waals surface area contributed by atoms with E-state index >= 15 is 0 Å². The first-order valence-electron chi connectivity index (χ1n) is 8.18. The summed E-state index contributed by atoms with van der Waals surface area (Å²) in [5, 5.41) is 6.43. The number of rotatable bonds is 7. The van der Waals surface area contributed by atoms with Crippen LogP contribution in [0.4, 0.5) is 0 Å². The second-order valence-electron chi connectivity index (χ2n) is 6.22. The van der Waals surface area contributed by atoms with Crippen LogP contribution in [0, 0.1) is 17.8 Å². The van der Waals surface area contributed by atoms with Gasteiger partial charge in [-0.25, -0.2) is 0 Å². The zero-order valence-corrected chi connectivity index (χ0v) is 13.3. The van der Waals surface area contributed by atoms with Crippen LogP contribution >= 0.6 is 0 Å². The summed E-state index contributed by atoms with van der Waals surface area (Å²) in [4.78, 5) is 23.5. The molecule has 120 valence electrons. The highest BCUT2D eigenvalue weighted by atomic mass is 16.2. The predicted molar refractivity (Wildman–Crippen MR) is 87.2 cm³/mol. The van der Waals surface area contributed by atoms with E-state index in [2.05, 4.69) is 10.6 Å². The summed E-state index contributed by atoms with van der Waals surface area (Å²) >= 11 is 0. The number of hydrogen-bond donors (Lipinski definition) is 2. The van der Waals surface area contributed by atoms with Crippen LogP contribution in [0.5, 0.6) is 0 Å². The maximum atomic E-state index is 12.7. The van der Waals surface area contributed by atoms with Gasteiger partial charge in [0.15, 0.2) is 0 Å². The van der Waals surface area contributed by atoms with E-state index in [1.165, 1.54) is 0 Å². The average Bonchev–Trinajstić information content (AvgIpc) is 2.55. The van der Waals surface area contributed by atoms with Crippen molar-refractivity contribution in [3.63, 3.8) is 0 Å². The molecule has 1 saturated heterocycles. The SMILES string of the molecule is C[C@@H](CC=O)C(C(=O)NCc1ccccc1)C1CCCNC1. The van der Waals surface area contributed by atoms with Gasteiger partial charge in [-0.3, -0.25) is 4.79 Å². The van der Waals surface area contributed by atoms with Crippen molar-refractivity contribution in [3.05, 3.63) is 35.9 Å². The summed E-state index contributed by atoms with van der Waals surface area (Å²) in [7, 11) is 0. The molecule has 1 aromatic carbocycles. The Morgan fingerprint density at radius 2 is 2.18 bits per heavy atom. The van der Waals surface area contributed by atoms with E-state index in [0.29, 0.717) is 18.9 Å². The molecule has 0 spiro atoms. The smallest absolute Gasteiger partial charge is 0.223 e. The fraction of sp³-hybridized carbons (Fsp3) is 0.556. The molecule has 4 nitrogen and oxygen atoms in total. The zero-order chi connectivity index (χ0) is 15.8. The maximum Gasteiger partial charge on any atom is 0.223 e. The van der Waals surface area contributed by atoms with Gasteiger partial charge in [0.2, 0.25) is 5.91 Å². The molecule has 3 atom stereocenters. The van der Waals surface area contributed by atoms with Crippen molar-refractivity contribution in [1.29, 1.82) is 0 Å². The van der Waals surface area contributed by atoms with Gasteiger partial charge in [-0.2, -0.15) is 0 Å². The molecule has 0 aliphatic carbocycles. The molecule has 2 rings (SSSR count). The van der Waals surface area contributed by atoms with Gasteiger partial charge in [0.05, 0.1) is 0 Å². The Labute approximate surface area is 132 Å². The second-order valence-corrected chi connectivity index (χ2v) is 6.22. The monoisotopic (exact) mass is 302 g/mol. The number of carbonyl (C=O) groups is 2. The van der Waals surface area contributed by atoms with E-state index in [1.54, 1.807) is 0 Å². The van der Waals surface area contributed by atoms with Gasteiger partial charge in [-0.1, -0.05) is 37.3 Å². The molecule has 22 heavy (non-hydrogen) atoms. The third-order valence-corrected chi connectivity index (χ3v) is 4.54. The fourth-order valence-corrected chi connectivity index (χ4v) is 3.32. The van der Waals surface area contributed by atoms with Crippen molar-refractivity contribution in [2.45, 2.75) is 32.7 Å². The number of piperidine rings is 1. The molecule has 1 aromatic rings. The van der Waals surface area contributed by atoms with Gasteiger partial charge in [0.1, 0.15) is 6.29 Å². The summed E-state index contributed by atoms with van der Waals surface area (Å²) in [6.07, 6.45) is 3.53. The number of hydrogen-bond acceptors (Lipinski definition) is 3. The molecular formula is C18H26N2O2. The molecule has 1 aliphatic heterocycles. The van der Waals surface area contributed by atoms with E-state index in [9.17, 15) is 9.59 Å². The van der Waals surface area contributed by atoms with Crippen LogP contribution in [0.25, 0.3) is 0 Å². The van der Waals surface area contributed by atoms with Crippen LogP contribution in [-0.2, 0) is 16.1 Å². The fourth-order valence-electron chi connectivity index (χ4n) is 3.32. The molecule has 0 aromatic heterocycles. The minimum Gasteiger partial charge on any atom is -0.352 e. The molecule has 0 radical (unpaired) electrons. The van der Waals surface area contributed by atoms with E-state index in [0.717, 1.165) is 37.8 Å². The summed E-state index contributed by atoms with van der Waals surface area (Å²) in [6.45, 7) is 4.45. The second kappa shape index (κ2) is 8.69. The lowest BCUT2D eigenvalue weighted by molar-refractivity contribution is -0.129. The van der Waals surface area contributed by atoms with Crippen molar-refractivity contribution in [2.75, 3.05) is 13.1 Å². The van der Waals surface area contributed by atoms with Gasteiger partial charge in [0.25, 0.3) is 0 Å². The summed E-state index contributed by atoms with van der Waals surface area (Å²) in [5.41, 5.74) is 1.10. The Bertz CT molecular complexity index is 469.